The molecule has 2 aliphatic rings. The van der Waals surface area contributed by atoms with Crippen LogP contribution in [0, 0.1) is 0 Å². The number of sulfone groups is 1. The van der Waals surface area contributed by atoms with Crippen molar-refractivity contribution < 1.29 is 12.8 Å². The smallest absolute Gasteiger partial charge is 0.408 e. The Morgan fingerprint density at radius 2 is 1.88 bits per heavy atom. The van der Waals surface area contributed by atoms with Gasteiger partial charge in [-0.05, 0) is 18.6 Å². The molecular formula is C16H21N3O4S. The van der Waals surface area contributed by atoms with E-state index in [4.69, 9.17) is 4.42 Å². The molecule has 130 valence electrons. The highest BCUT2D eigenvalue weighted by Crippen LogP contribution is 2.20. The van der Waals surface area contributed by atoms with Crippen molar-refractivity contribution in [3.8, 4) is 0 Å². The molecule has 0 bridgehead atoms. The third kappa shape index (κ3) is 3.01. The van der Waals surface area contributed by atoms with Gasteiger partial charge >= 0.3 is 5.76 Å². The summed E-state index contributed by atoms with van der Waals surface area (Å²) in [5.74, 6) is 0.271. The molecule has 0 radical (unpaired) electrons. The van der Waals surface area contributed by atoms with Crippen LogP contribution in [-0.2, 0) is 16.5 Å². The van der Waals surface area contributed by atoms with E-state index in [0.717, 1.165) is 38.1 Å². The van der Waals surface area contributed by atoms with Crippen LogP contribution < -0.4 is 5.76 Å². The lowest BCUT2D eigenvalue weighted by Gasteiger charge is -2.37. The van der Waals surface area contributed by atoms with Gasteiger partial charge in [0.25, 0.3) is 0 Å². The van der Waals surface area contributed by atoms with Crippen LogP contribution in [0.15, 0.2) is 33.5 Å². The summed E-state index contributed by atoms with van der Waals surface area (Å²) in [4.78, 5) is 16.5. The Hall–Kier alpha value is -1.64. The molecule has 2 aromatic rings. The molecule has 0 spiro atoms. The van der Waals surface area contributed by atoms with Gasteiger partial charge in [-0.1, -0.05) is 12.1 Å². The van der Waals surface area contributed by atoms with E-state index >= 15 is 0 Å². The number of hydrogen-bond acceptors (Lipinski definition) is 6. The fourth-order valence-corrected chi connectivity index (χ4v) is 5.44. The van der Waals surface area contributed by atoms with E-state index < -0.39 is 9.84 Å². The summed E-state index contributed by atoms with van der Waals surface area (Å²) in [6, 6.07) is 7.59. The fourth-order valence-electron chi connectivity index (χ4n) is 3.68. The van der Waals surface area contributed by atoms with Crippen molar-refractivity contribution in [1.29, 1.82) is 0 Å². The molecule has 2 aliphatic heterocycles. The minimum atomic E-state index is -2.84. The van der Waals surface area contributed by atoms with Crippen LogP contribution in [0.1, 0.15) is 6.42 Å². The zero-order valence-electron chi connectivity index (χ0n) is 13.4. The molecule has 8 heteroatoms. The Balaban J connectivity index is 1.41. The second kappa shape index (κ2) is 6.02. The normalized spacial score (nSPS) is 25.4. The van der Waals surface area contributed by atoms with Crippen LogP contribution in [0.5, 0.6) is 0 Å². The summed E-state index contributed by atoms with van der Waals surface area (Å²) in [6.07, 6.45) is 0.744. The monoisotopic (exact) mass is 351 g/mol. The van der Waals surface area contributed by atoms with E-state index in [1.165, 1.54) is 0 Å². The number of para-hydroxylation sites is 2. The van der Waals surface area contributed by atoms with Gasteiger partial charge in [0.2, 0.25) is 0 Å². The largest absolute Gasteiger partial charge is 0.421 e. The van der Waals surface area contributed by atoms with E-state index in [-0.39, 0.29) is 11.8 Å². The Morgan fingerprint density at radius 1 is 1.12 bits per heavy atom. The highest BCUT2D eigenvalue weighted by molar-refractivity contribution is 7.91. The maximum atomic E-state index is 12.0. The van der Waals surface area contributed by atoms with Crippen molar-refractivity contribution in [2.75, 3.05) is 37.7 Å². The van der Waals surface area contributed by atoms with Gasteiger partial charge in [-0.15, -0.1) is 0 Å². The SMILES string of the molecule is O=c1oc2ccccc2n1CN1CCN([C@H]2CCS(=O)(=O)C2)CC1. The summed E-state index contributed by atoms with van der Waals surface area (Å²) in [6.45, 7) is 3.83. The molecule has 1 aromatic carbocycles. The van der Waals surface area contributed by atoms with E-state index in [1.54, 1.807) is 10.6 Å². The Kier molecular flexibility index (Phi) is 3.98. The Bertz CT molecular complexity index is 893. The maximum absolute atomic E-state index is 12.0. The molecule has 0 N–H and O–H groups in total. The van der Waals surface area contributed by atoms with Crippen LogP contribution in [-0.4, -0.2) is 66.5 Å². The highest BCUT2D eigenvalue weighted by atomic mass is 32.2. The topological polar surface area (TPSA) is 75.8 Å². The molecule has 0 unspecified atom stereocenters. The first kappa shape index (κ1) is 15.9. The van der Waals surface area contributed by atoms with Crippen molar-refractivity contribution in [3.63, 3.8) is 0 Å². The molecule has 2 saturated heterocycles. The van der Waals surface area contributed by atoms with Crippen molar-refractivity contribution in [3.05, 3.63) is 34.8 Å². The minimum Gasteiger partial charge on any atom is -0.408 e. The number of piperazine rings is 1. The summed E-state index contributed by atoms with van der Waals surface area (Å²) < 4.78 is 30.2. The number of rotatable bonds is 3. The highest BCUT2D eigenvalue weighted by Gasteiger charge is 2.33. The van der Waals surface area contributed by atoms with Gasteiger partial charge < -0.3 is 4.42 Å². The lowest BCUT2D eigenvalue weighted by atomic mass is 10.2. The predicted octanol–water partition coefficient (Wildman–Crippen LogP) is 0.357. The van der Waals surface area contributed by atoms with Gasteiger partial charge in [0.15, 0.2) is 15.4 Å². The average molecular weight is 351 g/mol. The molecule has 1 atom stereocenters. The molecule has 3 heterocycles. The van der Waals surface area contributed by atoms with Crippen molar-refractivity contribution in [2.45, 2.75) is 19.1 Å². The van der Waals surface area contributed by atoms with Crippen molar-refractivity contribution >= 4 is 20.9 Å². The molecule has 2 fully saturated rings. The Labute approximate surface area is 140 Å². The van der Waals surface area contributed by atoms with E-state index in [9.17, 15) is 13.2 Å². The lowest BCUT2D eigenvalue weighted by molar-refractivity contribution is 0.0839. The molecule has 24 heavy (non-hydrogen) atoms. The molecule has 1 aromatic heterocycles. The van der Waals surface area contributed by atoms with Gasteiger partial charge in [0, 0.05) is 32.2 Å². The molecule has 4 rings (SSSR count). The maximum Gasteiger partial charge on any atom is 0.421 e. The van der Waals surface area contributed by atoms with Gasteiger partial charge in [-0.3, -0.25) is 14.4 Å². The second-order valence-corrected chi connectivity index (χ2v) is 8.84. The Morgan fingerprint density at radius 3 is 2.58 bits per heavy atom. The number of hydrogen-bond donors (Lipinski definition) is 0. The van der Waals surface area contributed by atoms with E-state index in [1.807, 2.05) is 18.2 Å². The molecule has 0 saturated carbocycles. The number of oxazole rings is 1. The first-order valence-corrected chi connectivity index (χ1v) is 10.1. The van der Waals surface area contributed by atoms with Gasteiger partial charge in [0.1, 0.15) is 0 Å². The van der Waals surface area contributed by atoms with E-state index in [2.05, 4.69) is 9.80 Å². The zero-order chi connectivity index (χ0) is 16.7. The second-order valence-electron chi connectivity index (χ2n) is 6.62. The molecule has 0 amide bonds. The van der Waals surface area contributed by atoms with Crippen LogP contribution in [0.2, 0.25) is 0 Å². The molecule has 0 aliphatic carbocycles. The number of fused-ring (bicyclic) bond motifs is 1. The minimum absolute atomic E-state index is 0.162. The zero-order valence-corrected chi connectivity index (χ0v) is 14.2. The standard InChI is InChI=1S/C16H21N3O4S/c20-16-19(14-3-1-2-4-15(14)23-16)12-17-6-8-18(9-7-17)13-5-10-24(21,22)11-13/h1-4,13H,5-12H2/t13-/m0/s1. The summed E-state index contributed by atoms with van der Waals surface area (Å²) >= 11 is 0. The van der Waals surface area contributed by atoms with Gasteiger partial charge in [-0.25, -0.2) is 13.2 Å². The first-order valence-electron chi connectivity index (χ1n) is 8.27. The van der Waals surface area contributed by atoms with E-state index in [0.29, 0.717) is 23.8 Å². The third-order valence-electron chi connectivity index (χ3n) is 5.05. The first-order chi connectivity index (χ1) is 11.5. The number of nitrogens with zero attached hydrogens (tertiary/aromatic N) is 3. The molecule has 7 nitrogen and oxygen atoms in total. The van der Waals surface area contributed by atoms with Crippen LogP contribution in [0.3, 0.4) is 0 Å². The fraction of sp³-hybridized carbons (Fsp3) is 0.562. The average Bonchev–Trinajstić information content (AvgIpc) is 3.08. The molecular weight excluding hydrogens is 330 g/mol. The van der Waals surface area contributed by atoms with Crippen molar-refractivity contribution in [1.82, 2.24) is 14.4 Å². The predicted molar refractivity (Wildman–Crippen MR) is 90.7 cm³/mol. The third-order valence-corrected chi connectivity index (χ3v) is 6.80. The van der Waals surface area contributed by atoms with Gasteiger partial charge in [-0.2, -0.15) is 0 Å². The van der Waals surface area contributed by atoms with Crippen LogP contribution in [0.25, 0.3) is 11.1 Å². The number of benzene rings is 1. The van der Waals surface area contributed by atoms with Crippen molar-refractivity contribution in [2.24, 2.45) is 0 Å². The van der Waals surface area contributed by atoms with Crippen LogP contribution >= 0.6 is 0 Å². The summed E-state index contributed by atoms with van der Waals surface area (Å²) in [5, 5.41) is 0. The quantitative estimate of drug-likeness (QED) is 0.795. The van der Waals surface area contributed by atoms with Gasteiger partial charge in [0.05, 0.1) is 23.7 Å². The lowest BCUT2D eigenvalue weighted by Crippen LogP contribution is -2.51. The summed E-state index contributed by atoms with van der Waals surface area (Å²) in [7, 11) is -2.84. The summed E-state index contributed by atoms with van der Waals surface area (Å²) in [5.41, 5.74) is 1.42. The van der Waals surface area contributed by atoms with Crippen LogP contribution in [0.4, 0.5) is 0 Å². The number of aromatic nitrogens is 1.